The Labute approximate surface area is 206 Å². The van der Waals surface area contributed by atoms with Gasteiger partial charge in [-0.25, -0.2) is 9.97 Å². The molecule has 2 aromatic carbocycles. The summed E-state index contributed by atoms with van der Waals surface area (Å²) in [6, 6.07) is 18.3. The summed E-state index contributed by atoms with van der Waals surface area (Å²) in [5.74, 6) is 0.548. The third kappa shape index (κ3) is 6.21. The average molecular weight is 491 g/mol. The highest BCUT2D eigenvalue weighted by Gasteiger charge is 2.13. The van der Waals surface area contributed by atoms with Crippen LogP contribution in [0.1, 0.15) is 35.7 Å². The number of rotatable bonds is 9. The van der Waals surface area contributed by atoms with Gasteiger partial charge in [0.15, 0.2) is 10.3 Å². The molecule has 0 saturated carbocycles. The first-order chi connectivity index (χ1) is 16.5. The molecule has 1 amide bonds. The fourth-order valence-corrected chi connectivity index (χ4v) is 5.07. The zero-order valence-corrected chi connectivity index (χ0v) is 20.8. The topological polar surface area (TPSA) is 87.7 Å². The standard InChI is InChI=1S/C26H26N4O2S2/c1-3-18-9-11-20(12-10-18)22-16-34-26(28-22)29-23(31)14-13-21-17(2)27-25(30-24(21)32)33-15-19-7-5-4-6-8-19/h4-12,16H,3,13-15H2,1-2H3,(H,27,30,32)(H,28,29,31). The van der Waals surface area contributed by atoms with Gasteiger partial charge >= 0.3 is 0 Å². The lowest BCUT2D eigenvalue weighted by Crippen LogP contribution is -2.20. The highest BCUT2D eigenvalue weighted by Crippen LogP contribution is 2.25. The molecule has 4 aromatic rings. The zero-order valence-electron chi connectivity index (χ0n) is 19.1. The minimum atomic E-state index is -0.192. The molecule has 0 radical (unpaired) electrons. The predicted octanol–water partition coefficient (Wildman–Crippen LogP) is 5.63. The van der Waals surface area contributed by atoms with E-state index in [4.69, 9.17) is 0 Å². The number of hydrogen-bond donors (Lipinski definition) is 2. The zero-order chi connectivity index (χ0) is 23.9. The Hall–Kier alpha value is -3.23. The van der Waals surface area contributed by atoms with E-state index >= 15 is 0 Å². The van der Waals surface area contributed by atoms with Crippen LogP contribution in [-0.4, -0.2) is 20.9 Å². The van der Waals surface area contributed by atoms with E-state index in [1.54, 1.807) is 0 Å². The molecule has 174 valence electrons. The fraction of sp³-hybridized carbons (Fsp3) is 0.231. The number of anilines is 1. The number of carbonyl (C=O) groups excluding carboxylic acids is 1. The van der Waals surface area contributed by atoms with Crippen molar-refractivity contribution in [2.45, 2.75) is 44.0 Å². The first-order valence-electron chi connectivity index (χ1n) is 11.1. The summed E-state index contributed by atoms with van der Waals surface area (Å²) in [5.41, 5.74) is 5.29. The number of aryl methyl sites for hydroxylation is 2. The van der Waals surface area contributed by atoms with E-state index in [0.717, 1.165) is 29.0 Å². The van der Waals surface area contributed by atoms with Crippen LogP contribution in [-0.2, 0) is 23.4 Å². The maximum Gasteiger partial charge on any atom is 0.254 e. The van der Waals surface area contributed by atoms with Gasteiger partial charge in [-0.1, -0.05) is 73.3 Å². The van der Waals surface area contributed by atoms with Crippen molar-refractivity contribution in [2.24, 2.45) is 0 Å². The molecule has 0 aliphatic carbocycles. The van der Waals surface area contributed by atoms with Gasteiger partial charge in [0.05, 0.1) is 5.69 Å². The lowest BCUT2D eigenvalue weighted by Gasteiger charge is -2.07. The summed E-state index contributed by atoms with van der Waals surface area (Å²) in [6.07, 6.45) is 1.49. The summed E-state index contributed by atoms with van der Waals surface area (Å²) in [6.45, 7) is 3.93. The monoisotopic (exact) mass is 490 g/mol. The third-order valence-corrected chi connectivity index (χ3v) is 7.13. The molecular formula is C26H26N4O2S2. The minimum absolute atomic E-state index is 0.177. The Morgan fingerprint density at radius 1 is 1.06 bits per heavy atom. The molecule has 0 fully saturated rings. The highest BCUT2D eigenvalue weighted by molar-refractivity contribution is 7.98. The van der Waals surface area contributed by atoms with Gasteiger partial charge in [0, 0.05) is 34.4 Å². The van der Waals surface area contributed by atoms with E-state index in [1.807, 2.05) is 54.8 Å². The number of carbonyl (C=O) groups is 1. The van der Waals surface area contributed by atoms with Crippen molar-refractivity contribution in [3.63, 3.8) is 0 Å². The Balaban J connectivity index is 1.33. The second kappa shape index (κ2) is 11.3. The van der Waals surface area contributed by atoms with Crippen molar-refractivity contribution >= 4 is 34.1 Å². The molecule has 0 aliphatic heterocycles. The molecule has 6 nitrogen and oxygen atoms in total. The van der Waals surface area contributed by atoms with Crippen molar-refractivity contribution < 1.29 is 4.79 Å². The van der Waals surface area contributed by atoms with Crippen LogP contribution in [0.3, 0.4) is 0 Å². The number of H-pyrrole nitrogens is 1. The number of benzene rings is 2. The van der Waals surface area contributed by atoms with Crippen molar-refractivity contribution in [1.29, 1.82) is 0 Å². The van der Waals surface area contributed by atoms with Crippen molar-refractivity contribution in [3.05, 3.63) is 92.7 Å². The number of thiazole rings is 1. The molecule has 0 saturated heterocycles. The molecule has 0 bridgehead atoms. The number of hydrogen-bond acceptors (Lipinski definition) is 6. The van der Waals surface area contributed by atoms with Crippen molar-refractivity contribution in [2.75, 3.05) is 5.32 Å². The normalized spacial score (nSPS) is 10.9. The Kier molecular flexibility index (Phi) is 7.92. The number of thioether (sulfide) groups is 1. The lowest BCUT2D eigenvalue weighted by molar-refractivity contribution is -0.116. The fourth-order valence-electron chi connectivity index (χ4n) is 3.47. The van der Waals surface area contributed by atoms with Crippen LogP contribution in [0.25, 0.3) is 11.3 Å². The molecule has 0 unspecified atom stereocenters. The van der Waals surface area contributed by atoms with E-state index in [-0.39, 0.29) is 17.9 Å². The van der Waals surface area contributed by atoms with Crippen LogP contribution in [0.5, 0.6) is 0 Å². The number of aromatic nitrogens is 3. The lowest BCUT2D eigenvalue weighted by atomic mass is 10.1. The van der Waals surface area contributed by atoms with Gasteiger partial charge in [-0.15, -0.1) is 11.3 Å². The molecule has 4 rings (SSSR count). The van der Waals surface area contributed by atoms with Crippen LogP contribution in [0.4, 0.5) is 5.13 Å². The molecule has 0 aliphatic rings. The summed E-state index contributed by atoms with van der Waals surface area (Å²) in [5, 5.41) is 5.91. The average Bonchev–Trinajstić information content (AvgIpc) is 3.31. The van der Waals surface area contributed by atoms with Crippen LogP contribution < -0.4 is 10.9 Å². The Bertz CT molecular complexity index is 1310. The van der Waals surface area contributed by atoms with Crippen LogP contribution >= 0.6 is 23.1 Å². The highest BCUT2D eigenvalue weighted by atomic mass is 32.2. The summed E-state index contributed by atoms with van der Waals surface area (Å²) >= 11 is 2.88. The van der Waals surface area contributed by atoms with E-state index in [9.17, 15) is 9.59 Å². The molecule has 34 heavy (non-hydrogen) atoms. The molecular weight excluding hydrogens is 464 g/mol. The van der Waals surface area contributed by atoms with Gasteiger partial charge in [-0.2, -0.15) is 0 Å². The third-order valence-electron chi connectivity index (χ3n) is 5.43. The van der Waals surface area contributed by atoms with Crippen molar-refractivity contribution in [1.82, 2.24) is 15.0 Å². The summed E-state index contributed by atoms with van der Waals surface area (Å²) in [4.78, 5) is 37.0. The number of nitrogens with zero attached hydrogens (tertiary/aromatic N) is 2. The van der Waals surface area contributed by atoms with Gasteiger partial charge < -0.3 is 10.3 Å². The molecule has 8 heteroatoms. The van der Waals surface area contributed by atoms with E-state index in [0.29, 0.717) is 28.0 Å². The molecule has 2 aromatic heterocycles. The number of nitrogens with one attached hydrogen (secondary N) is 2. The first-order valence-corrected chi connectivity index (χ1v) is 13.0. The summed E-state index contributed by atoms with van der Waals surface area (Å²) in [7, 11) is 0. The maximum atomic E-state index is 12.6. The molecule has 0 spiro atoms. The van der Waals surface area contributed by atoms with Crippen molar-refractivity contribution in [3.8, 4) is 11.3 Å². The Morgan fingerprint density at radius 2 is 1.82 bits per heavy atom. The quantitative estimate of drug-likeness (QED) is 0.235. The molecule has 0 atom stereocenters. The largest absolute Gasteiger partial charge is 0.302 e. The smallest absolute Gasteiger partial charge is 0.254 e. The van der Waals surface area contributed by atoms with Crippen LogP contribution in [0.2, 0.25) is 0 Å². The van der Waals surface area contributed by atoms with Gasteiger partial charge in [0.2, 0.25) is 5.91 Å². The first kappa shape index (κ1) is 23.9. The second-order valence-electron chi connectivity index (χ2n) is 7.85. The van der Waals surface area contributed by atoms with Gasteiger partial charge in [0.1, 0.15) is 0 Å². The molecule has 2 N–H and O–H groups in total. The van der Waals surface area contributed by atoms with Crippen LogP contribution in [0.15, 0.2) is 69.9 Å². The number of aromatic amines is 1. The van der Waals surface area contributed by atoms with Crippen LogP contribution in [0, 0.1) is 6.92 Å². The second-order valence-corrected chi connectivity index (χ2v) is 9.67. The van der Waals surface area contributed by atoms with E-state index < -0.39 is 0 Å². The van der Waals surface area contributed by atoms with E-state index in [1.165, 1.54) is 28.7 Å². The predicted molar refractivity (Wildman–Crippen MR) is 139 cm³/mol. The SMILES string of the molecule is CCc1ccc(-c2csc(NC(=O)CCc3c(C)nc(SCc4ccccc4)[nH]c3=O)n2)cc1. The minimum Gasteiger partial charge on any atom is -0.302 e. The van der Waals surface area contributed by atoms with Gasteiger partial charge in [0.25, 0.3) is 5.56 Å². The molecule has 2 heterocycles. The number of amides is 1. The van der Waals surface area contributed by atoms with Gasteiger partial charge in [-0.3, -0.25) is 9.59 Å². The Morgan fingerprint density at radius 3 is 2.53 bits per heavy atom. The van der Waals surface area contributed by atoms with E-state index in [2.05, 4.69) is 39.3 Å². The maximum absolute atomic E-state index is 12.6. The summed E-state index contributed by atoms with van der Waals surface area (Å²) < 4.78 is 0. The van der Waals surface area contributed by atoms with Gasteiger partial charge in [-0.05, 0) is 30.9 Å².